The van der Waals surface area contributed by atoms with E-state index < -0.39 is 26.5 Å². The van der Waals surface area contributed by atoms with Gasteiger partial charge >= 0.3 is 6.18 Å². The molecule has 132 valence electrons. The number of pyridine rings is 1. The van der Waals surface area contributed by atoms with Gasteiger partial charge in [0.1, 0.15) is 5.65 Å². The van der Waals surface area contributed by atoms with Crippen LogP contribution in [0, 0.1) is 0 Å². The lowest BCUT2D eigenvalue weighted by Crippen LogP contribution is -2.19. The van der Waals surface area contributed by atoms with E-state index in [1.807, 2.05) is 5.10 Å². The van der Waals surface area contributed by atoms with E-state index in [2.05, 4.69) is 10.1 Å². The molecule has 0 bridgehead atoms. The van der Waals surface area contributed by atoms with Gasteiger partial charge in [0.05, 0.1) is 16.6 Å². The molecule has 1 aliphatic rings. The van der Waals surface area contributed by atoms with Crippen molar-refractivity contribution in [2.75, 3.05) is 6.26 Å². The highest BCUT2D eigenvalue weighted by atomic mass is 32.2. The quantitative estimate of drug-likeness (QED) is 0.769. The van der Waals surface area contributed by atoms with Gasteiger partial charge in [-0.1, -0.05) is 0 Å². The van der Waals surface area contributed by atoms with E-state index in [9.17, 15) is 21.6 Å². The Hall–Kier alpha value is -2.36. The van der Waals surface area contributed by atoms with Gasteiger partial charge in [0.15, 0.2) is 15.5 Å². The van der Waals surface area contributed by atoms with Gasteiger partial charge in [0, 0.05) is 24.0 Å². The van der Waals surface area contributed by atoms with E-state index in [4.69, 9.17) is 0 Å². The minimum absolute atomic E-state index is 0.184. The molecule has 0 saturated heterocycles. The molecule has 1 saturated carbocycles. The monoisotopic (exact) mass is 370 g/mol. The number of H-pyrrole nitrogens is 1. The molecule has 0 atom stereocenters. The zero-order valence-corrected chi connectivity index (χ0v) is 13.8. The van der Waals surface area contributed by atoms with E-state index >= 15 is 0 Å². The Morgan fingerprint density at radius 1 is 1.28 bits per heavy atom. The summed E-state index contributed by atoms with van der Waals surface area (Å²) in [5, 5.41) is 5.97. The van der Waals surface area contributed by atoms with E-state index in [1.54, 1.807) is 12.1 Å². The summed E-state index contributed by atoms with van der Waals surface area (Å²) in [6.45, 7) is 0. The van der Waals surface area contributed by atoms with Crippen molar-refractivity contribution >= 4 is 20.9 Å². The second kappa shape index (κ2) is 4.84. The molecule has 0 unspecified atom stereocenters. The van der Waals surface area contributed by atoms with Crippen molar-refractivity contribution < 1.29 is 21.6 Å². The first-order valence-electron chi connectivity index (χ1n) is 7.42. The molecule has 0 aromatic carbocycles. The first-order chi connectivity index (χ1) is 11.7. The third-order valence-electron chi connectivity index (χ3n) is 4.65. The SMILES string of the molecule is CS(=O)(=O)C1(c2ccnc3c2ccn3-c2cn[nH]c2C(F)(F)F)CC1. The number of hydrogen-bond acceptors (Lipinski definition) is 4. The summed E-state index contributed by atoms with van der Waals surface area (Å²) in [6.07, 6.45) is 1.52. The van der Waals surface area contributed by atoms with Crippen molar-refractivity contribution in [1.29, 1.82) is 0 Å². The summed E-state index contributed by atoms with van der Waals surface area (Å²) in [4.78, 5) is 4.16. The zero-order valence-electron chi connectivity index (χ0n) is 13.0. The number of alkyl halides is 3. The Labute approximate surface area is 140 Å². The van der Waals surface area contributed by atoms with Crippen molar-refractivity contribution in [3.63, 3.8) is 0 Å². The summed E-state index contributed by atoms with van der Waals surface area (Å²) in [7, 11) is -3.35. The Kier molecular flexibility index (Phi) is 3.12. The molecular weight excluding hydrogens is 357 g/mol. The molecule has 1 aliphatic carbocycles. The summed E-state index contributed by atoms with van der Waals surface area (Å²) >= 11 is 0. The number of nitrogens with zero attached hydrogens (tertiary/aromatic N) is 3. The van der Waals surface area contributed by atoms with Crippen LogP contribution >= 0.6 is 0 Å². The maximum atomic E-state index is 13.1. The molecule has 0 aliphatic heterocycles. The lowest BCUT2D eigenvalue weighted by Gasteiger charge is -2.15. The van der Waals surface area contributed by atoms with E-state index in [-0.39, 0.29) is 11.3 Å². The zero-order chi connectivity index (χ0) is 18.0. The number of aromatic nitrogens is 4. The Bertz CT molecular complexity index is 1080. The van der Waals surface area contributed by atoms with Crippen molar-refractivity contribution in [3.8, 4) is 5.69 Å². The number of sulfone groups is 1. The maximum Gasteiger partial charge on any atom is 0.434 e. The molecule has 0 amide bonds. The highest BCUT2D eigenvalue weighted by Crippen LogP contribution is 2.54. The Morgan fingerprint density at radius 2 is 2.00 bits per heavy atom. The Morgan fingerprint density at radius 3 is 2.60 bits per heavy atom. The first kappa shape index (κ1) is 16.1. The Balaban J connectivity index is 1.94. The highest BCUT2D eigenvalue weighted by molar-refractivity contribution is 7.92. The third kappa shape index (κ3) is 2.27. The number of rotatable bonds is 3. The van der Waals surface area contributed by atoms with Crippen molar-refractivity contribution in [2.45, 2.75) is 23.8 Å². The van der Waals surface area contributed by atoms with Gasteiger partial charge < -0.3 is 0 Å². The lowest BCUT2D eigenvalue weighted by molar-refractivity contribution is -0.141. The predicted octanol–water partition coefficient (Wildman–Crippen LogP) is 2.80. The van der Waals surface area contributed by atoms with Gasteiger partial charge in [-0.05, 0) is 30.5 Å². The normalized spacial score (nSPS) is 17.1. The molecule has 4 rings (SSSR count). The molecule has 25 heavy (non-hydrogen) atoms. The van der Waals surface area contributed by atoms with Crippen LogP contribution in [0.2, 0.25) is 0 Å². The second-order valence-corrected chi connectivity index (χ2v) is 8.50. The van der Waals surface area contributed by atoms with E-state index in [0.717, 1.165) is 6.20 Å². The van der Waals surface area contributed by atoms with Gasteiger partial charge in [-0.2, -0.15) is 18.3 Å². The van der Waals surface area contributed by atoms with Crippen LogP contribution in [-0.4, -0.2) is 34.4 Å². The van der Waals surface area contributed by atoms with Gasteiger partial charge in [-0.3, -0.25) is 9.67 Å². The number of hydrogen-bond donors (Lipinski definition) is 1. The van der Waals surface area contributed by atoms with Crippen molar-refractivity contribution in [3.05, 3.63) is 42.0 Å². The van der Waals surface area contributed by atoms with Crippen LogP contribution in [0.3, 0.4) is 0 Å². The van der Waals surface area contributed by atoms with Crippen LogP contribution < -0.4 is 0 Å². The van der Waals surface area contributed by atoms with Gasteiger partial charge in [0.2, 0.25) is 0 Å². The van der Waals surface area contributed by atoms with Crippen molar-refractivity contribution in [1.82, 2.24) is 19.7 Å². The average molecular weight is 370 g/mol. The molecule has 3 aromatic heterocycles. The summed E-state index contributed by atoms with van der Waals surface area (Å²) in [5.41, 5.74) is -0.326. The molecule has 3 aromatic rings. The molecule has 6 nitrogen and oxygen atoms in total. The minimum atomic E-state index is -4.59. The minimum Gasteiger partial charge on any atom is -0.298 e. The molecule has 1 N–H and O–H groups in total. The smallest absolute Gasteiger partial charge is 0.298 e. The number of halogens is 3. The van der Waals surface area contributed by atoms with Crippen LogP contribution in [0.1, 0.15) is 24.1 Å². The molecule has 10 heteroatoms. The summed E-state index contributed by atoms with van der Waals surface area (Å²) in [5.74, 6) is 0. The molecular formula is C15H13F3N4O2S. The van der Waals surface area contributed by atoms with E-state index in [0.29, 0.717) is 23.8 Å². The second-order valence-electron chi connectivity index (χ2n) is 6.18. The fourth-order valence-corrected chi connectivity index (χ4v) is 4.68. The van der Waals surface area contributed by atoms with Crippen LogP contribution in [0.4, 0.5) is 13.2 Å². The van der Waals surface area contributed by atoms with Crippen LogP contribution in [-0.2, 0) is 20.8 Å². The van der Waals surface area contributed by atoms with Gasteiger partial charge in [-0.25, -0.2) is 13.4 Å². The third-order valence-corrected chi connectivity index (χ3v) is 6.70. The number of fused-ring (bicyclic) bond motifs is 1. The average Bonchev–Trinajstić information content (AvgIpc) is 3.00. The van der Waals surface area contributed by atoms with Gasteiger partial charge in [-0.15, -0.1) is 0 Å². The molecule has 1 fully saturated rings. The lowest BCUT2D eigenvalue weighted by atomic mass is 10.1. The molecule has 0 radical (unpaired) electrons. The standard InChI is InChI=1S/C15H13F3N4O2S/c1-25(23,24)14(4-5-14)10-2-6-19-13-9(10)3-7-22(13)11-8-20-21-12(11)15(16,17)18/h2-3,6-8H,4-5H2,1H3,(H,20,21). The highest BCUT2D eigenvalue weighted by Gasteiger charge is 2.54. The largest absolute Gasteiger partial charge is 0.434 e. The van der Waals surface area contributed by atoms with Crippen molar-refractivity contribution in [2.24, 2.45) is 0 Å². The fraction of sp³-hybridized carbons (Fsp3) is 0.333. The van der Waals surface area contributed by atoms with E-state index in [1.165, 1.54) is 23.2 Å². The molecule has 3 heterocycles. The fourth-order valence-electron chi connectivity index (χ4n) is 3.25. The maximum absolute atomic E-state index is 13.1. The predicted molar refractivity (Wildman–Crippen MR) is 84.0 cm³/mol. The summed E-state index contributed by atoms with van der Waals surface area (Å²) in [6, 6.07) is 3.22. The van der Waals surface area contributed by atoms with Crippen LogP contribution in [0.15, 0.2) is 30.7 Å². The first-order valence-corrected chi connectivity index (χ1v) is 9.31. The number of aromatic amines is 1. The number of nitrogens with one attached hydrogen (secondary N) is 1. The summed E-state index contributed by atoms with van der Waals surface area (Å²) < 4.78 is 64.1. The van der Waals surface area contributed by atoms with Gasteiger partial charge in [0.25, 0.3) is 0 Å². The molecule has 0 spiro atoms. The topological polar surface area (TPSA) is 80.6 Å². The van der Waals surface area contributed by atoms with Crippen LogP contribution in [0.5, 0.6) is 0 Å². The van der Waals surface area contributed by atoms with Crippen LogP contribution in [0.25, 0.3) is 16.7 Å².